The first-order chi connectivity index (χ1) is 15.9. The van der Waals surface area contributed by atoms with Gasteiger partial charge in [0, 0.05) is 31.8 Å². The SMILES string of the molecule is O=C(CCc1nc2ccccc2[nH]c1=O)NCC(c1cccnc1)S(=O)(=O)c1ccccc1. The number of hydrogen-bond donors (Lipinski definition) is 2. The third-order valence-corrected chi connectivity index (χ3v) is 7.36. The molecule has 0 saturated carbocycles. The van der Waals surface area contributed by atoms with Gasteiger partial charge < -0.3 is 10.3 Å². The van der Waals surface area contributed by atoms with Gasteiger partial charge in [0.15, 0.2) is 9.84 Å². The molecule has 168 valence electrons. The highest BCUT2D eigenvalue weighted by Crippen LogP contribution is 2.28. The normalized spacial score (nSPS) is 12.4. The Kier molecular flexibility index (Phi) is 6.60. The number of nitrogens with zero attached hydrogens (tertiary/aromatic N) is 2. The summed E-state index contributed by atoms with van der Waals surface area (Å²) in [6.07, 6.45) is 3.17. The van der Waals surface area contributed by atoms with Crippen LogP contribution in [0.4, 0.5) is 0 Å². The molecule has 33 heavy (non-hydrogen) atoms. The van der Waals surface area contributed by atoms with Gasteiger partial charge >= 0.3 is 0 Å². The second-order valence-corrected chi connectivity index (χ2v) is 9.60. The molecule has 0 saturated heterocycles. The third kappa shape index (κ3) is 5.15. The van der Waals surface area contributed by atoms with Crippen LogP contribution in [0.15, 0.2) is 88.8 Å². The minimum Gasteiger partial charge on any atom is -0.354 e. The maximum atomic E-state index is 13.3. The van der Waals surface area contributed by atoms with Crippen LogP contribution in [0.1, 0.15) is 22.9 Å². The second kappa shape index (κ2) is 9.74. The molecule has 0 fully saturated rings. The van der Waals surface area contributed by atoms with E-state index in [2.05, 4.69) is 20.3 Å². The number of benzene rings is 2. The molecule has 1 atom stereocenters. The summed E-state index contributed by atoms with van der Waals surface area (Å²) in [4.78, 5) is 36.1. The number of amides is 1. The molecule has 8 nitrogen and oxygen atoms in total. The summed E-state index contributed by atoms with van der Waals surface area (Å²) in [5, 5.41) is 1.70. The van der Waals surface area contributed by atoms with E-state index in [0.29, 0.717) is 16.6 Å². The minimum atomic E-state index is -3.77. The molecule has 1 unspecified atom stereocenters. The lowest BCUT2D eigenvalue weighted by atomic mass is 10.2. The van der Waals surface area contributed by atoms with Crippen molar-refractivity contribution in [1.82, 2.24) is 20.3 Å². The molecule has 2 aromatic carbocycles. The first kappa shape index (κ1) is 22.3. The quantitative estimate of drug-likeness (QED) is 0.415. The van der Waals surface area contributed by atoms with Gasteiger partial charge in [0.2, 0.25) is 5.91 Å². The standard InChI is InChI=1S/C24H22N4O4S/c29-23(13-12-21-24(30)28-20-11-5-4-10-19(20)27-21)26-16-22(17-7-6-14-25-15-17)33(31,32)18-8-2-1-3-9-18/h1-11,14-15,22H,12-13,16H2,(H,26,29)(H,28,30). The lowest BCUT2D eigenvalue weighted by molar-refractivity contribution is -0.121. The number of sulfone groups is 1. The van der Waals surface area contributed by atoms with Crippen LogP contribution < -0.4 is 10.9 Å². The monoisotopic (exact) mass is 462 g/mol. The number of pyridine rings is 1. The van der Waals surface area contributed by atoms with Gasteiger partial charge in [-0.1, -0.05) is 36.4 Å². The number of carbonyl (C=O) groups is 1. The smallest absolute Gasteiger partial charge is 0.270 e. The zero-order valence-corrected chi connectivity index (χ0v) is 18.5. The molecule has 9 heteroatoms. The van der Waals surface area contributed by atoms with Crippen LogP contribution in [0.2, 0.25) is 0 Å². The molecule has 0 aliphatic heterocycles. The number of para-hydroxylation sites is 2. The fraction of sp³-hybridized carbons (Fsp3) is 0.167. The van der Waals surface area contributed by atoms with Gasteiger partial charge in [0.25, 0.3) is 5.56 Å². The Bertz CT molecular complexity index is 1420. The molecule has 2 aromatic heterocycles. The lowest BCUT2D eigenvalue weighted by Crippen LogP contribution is -2.32. The Morgan fingerprint density at radius 3 is 2.52 bits per heavy atom. The van der Waals surface area contributed by atoms with Crippen molar-refractivity contribution in [3.8, 4) is 0 Å². The van der Waals surface area contributed by atoms with Crippen molar-refractivity contribution >= 4 is 26.8 Å². The number of H-pyrrole nitrogens is 1. The van der Waals surface area contributed by atoms with Crippen LogP contribution in [0.25, 0.3) is 11.0 Å². The largest absolute Gasteiger partial charge is 0.354 e. The molecule has 0 spiro atoms. The summed E-state index contributed by atoms with van der Waals surface area (Å²) < 4.78 is 26.5. The van der Waals surface area contributed by atoms with Gasteiger partial charge in [-0.25, -0.2) is 13.4 Å². The van der Waals surface area contributed by atoms with E-state index in [1.165, 1.54) is 18.3 Å². The predicted octanol–water partition coefficient (Wildman–Crippen LogP) is 2.58. The lowest BCUT2D eigenvalue weighted by Gasteiger charge is -2.18. The molecule has 1 amide bonds. The molecular formula is C24H22N4O4S. The van der Waals surface area contributed by atoms with Gasteiger partial charge in [0.05, 0.1) is 15.9 Å². The van der Waals surface area contributed by atoms with E-state index in [1.807, 2.05) is 6.07 Å². The number of fused-ring (bicyclic) bond motifs is 1. The van der Waals surface area contributed by atoms with Crippen molar-refractivity contribution in [3.63, 3.8) is 0 Å². The maximum Gasteiger partial charge on any atom is 0.270 e. The van der Waals surface area contributed by atoms with E-state index in [4.69, 9.17) is 0 Å². The Morgan fingerprint density at radius 1 is 1.00 bits per heavy atom. The van der Waals surface area contributed by atoms with Gasteiger partial charge in [0.1, 0.15) is 10.9 Å². The van der Waals surface area contributed by atoms with E-state index < -0.39 is 15.1 Å². The number of rotatable bonds is 8. The molecule has 0 bridgehead atoms. The number of hydrogen-bond acceptors (Lipinski definition) is 6. The minimum absolute atomic E-state index is 0.000432. The Labute approximate surface area is 190 Å². The molecular weight excluding hydrogens is 440 g/mol. The van der Waals surface area contributed by atoms with Gasteiger partial charge in [-0.3, -0.25) is 14.6 Å². The fourth-order valence-electron chi connectivity index (χ4n) is 3.51. The topological polar surface area (TPSA) is 122 Å². The molecule has 2 heterocycles. The average Bonchev–Trinajstić information content (AvgIpc) is 2.84. The molecule has 0 aliphatic carbocycles. The Balaban J connectivity index is 1.47. The summed E-state index contributed by atoms with van der Waals surface area (Å²) in [6.45, 7) is -0.122. The van der Waals surface area contributed by atoms with Crippen LogP contribution >= 0.6 is 0 Å². The fourth-order valence-corrected chi connectivity index (χ4v) is 5.18. The maximum absolute atomic E-state index is 13.3. The van der Waals surface area contributed by atoms with E-state index in [0.717, 1.165) is 0 Å². The van der Waals surface area contributed by atoms with Crippen molar-refractivity contribution in [2.24, 2.45) is 0 Å². The van der Waals surface area contributed by atoms with Gasteiger partial charge in [-0.2, -0.15) is 0 Å². The van der Waals surface area contributed by atoms with Crippen LogP contribution in [-0.2, 0) is 21.1 Å². The van der Waals surface area contributed by atoms with Crippen molar-refractivity contribution in [2.75, 3.05) is 6.54 Å². The average molecular weight is 463 g/mol. The molecule has 0 aliphatic rings. The highest BCUT2D eigenvalue weighted by molar-refractivity contribution is 7.91. The Hall–Kier alpha value is -3.85. The zero-order chi connectivity index (χ0) is 23.3. The second-order valence-electron chi connectivity index (χ2n) is 7.47. The van der Waals surface area contributed by atoms with E-state index in [-0.39, 0.29) is 41.4 Å². The first-order valence-corrected chi connectivity index (χ1v) is 11.9. The van der Waals surface area contributed by atoms with Gasteiger partial charge in [-0.05, 0) is 35.9 Å². The van der Waals surface area contributed by atoms with Crippen LogP contribution in [-0.4, -0.2) is 35.8 Å². The van der Waals surface area contributed by atoms with E-state index >= 15 is 0 Å². The predicted molar refractivity (Wildman–Crippen MR) is 124 cm³/mol. The number of nitrogens with one attached hydrogen (secondary N) is 2. The number of aromatic amines is 1. The van der Waals surface area contributed by atoms with Gasteiger partial charge in [-0.15, -0.1) is 0 Å². The van der Waals surface area contributed by atoms with E-state index in [9.17, 15) is 18.0 Å². The molecule has 0 radical (unpaired) electrons. The van der Waals surface area contributed by atoms with Crippen molar-refractivity contribution in [1.29, 1.82) is 0 Å². The first-order valence-electron chi connectivity index (χ1n) is 10.4. The summed E-state index contributed by atoms with van der Waals surface area (Å²) in [6, 6.07) is 18.6. The zero-order valence-electron chi connectivity index (χ0n) is 17.6. The number of aromatic nitrogens is 3. The van der Waals surface area contributed by atoms with Crippen LogP contribution in [0, 0.1) is 0 Å². The number of aryl methyl sites for hydroxylation is 1. The Morgan fingerprint density at radius 2 is 1.76 bits per heavy atom. The third-order valence-electron chi connectivity index (χ3n) is 5.25. The summed E-state index contributed by atoms with van der Waals surface area (Å²) >= 11 is 0. The van der Waals surface area contributed by atoms with Crippen LogP contribution in [0.5, 0.6) is 0 Å². The summed E-state index contributed by atoms with van der Waals surface area (Å²) in [5.74, 6) is -0.374. The highest BCUT2D eigenvalue weighted by atomic mass is 32.2. The van der Waals surface area contributed by atoms with Crippen molar-refractivity contribution in [3.05, 3.63) is 101 Å². The number of carbonyl (C=O) groups excluding carboxylic acids is 1. The van der Waals surface area contributed by atoms with Crippen molar-refractivity contribution in [2.45, 2.75) is 23.0 Å². The summed E-state index contributed by atoms with van der Waals surface area (Å²) in [7, 11) is -3.77. The van der Waals surface area contributed by atoms with Crippen LogP contribution in [0.3, 0.4) is 0 Å². The molecule has 4 aromatic rings. The molecule has 2 N–H and O–H groups in total. The summed E-state index contributed by atoms with van der Waals surface area (Å²) in [5.41, 5.74) is 1.65. The highest BCUT2D eigenvalue weighted by Gasteiger charge is 2.29. The molecule has 4 rings (SSSR count). The van der Waals surface area contributed by atoms with E-state index in [1.54, 1.807) is 54.7 Å². The van der Waals surface area contributed by atoms with Crippen molar-refractivity contribution < 1.29 is 13.2 Å².